The number of rotatable bonds is 7. The number of amides is 1. The van der Waals surface area contributed by atoms with E-state index in [1.165, 1.54) is 23.1 Å². The molecule has 6 nitrogen and oxygen atoms in total. The Balaban J connectivity index is 1.99. The standard InChI is InChI=1S/C21H28N4O2S/c1-5-22-20(24-14-17-9-6-15(2)12-19(17)28-4)23-13-16-7-10-18(11-8-16)25-21(26)27-3/h6-12H,5,13-14H2,1-4H3,(H,25,26)(H2,22,23,24). The molecule has 0 atom stereocenters. The SMILES string of the molecule is CCNC(=NCc1ccc(NC(=O)OC)cc1)NCc1ccc(C)cc1SC. The molecule has 0 heterocycles. The average molecular weight is 401 g/mol. The maximum absolute atomic E-state index is 11.2. The molecule has 0 bridgehead atoms. The zero-order chi connectivity index (χ0) is 20.4. The summed E-state index contributed by atoms with van der Waals surface area (Å²) in [7, 11) is 1.34. The summed E-state index contributed by atoms with van der Waals surface area (Å²) in [5.41, 5.74) is 4.25. The van der Waals surface area contributed by atoms with Crippen molar-refractivity contribution >= 4 is 29.5 Å². The lowest BCUT2D eigenvalue weighted by molar-refractivity contribution is 0.187. The van der Waals surface area contributed by atoms with Crippen molar-refractivity contribution in [3.8, 4) is 0 Å². The van der Waals surface area contributed by atoms with Gasteiger partial charge in [-0.2, -0.15) is 0 Å². The lowest BCUT2D eigenvalue weighted by atomic mass is 10.1. The number of anilines is 1. The Morgan fingerprint density at radius 2 is 1.89 bits per heavy atom. The van der Waals surface area contributed by atoms with Gasteiger partial charge in [-0.25, -0.2) is 9.79 Å². The smallest absolute Gasteiger partial charge is 0.411 e. The van der Waals surface area contributed by atoms with Crippen molar-refractivity contribution in [2.75, 3.05) is 25.2 Å². The fourth-order valence-corrected chi connectivity index (χ4v) is 3.26. The van der Waals surface area contributed by atoms with E-state index in [4.69, 9.17) is 0 Å². The minimum atomic E-state index is -0.481. The van der Waals surface area contributed by atoms with E-state index in [0.717, 1.165) is 18.1 Å². The maximum Gasteiger partial charge on any atom is 0.411 e. The topological polar surface area (TPSA) is 74.8 Å². The monoisotopic (exact) mass is 400 g/mol. The molecule has 3 N–H and O–H groups in total. The van der Waals surface area contributed by atoms with Crippen molar-refractivity contribution in [2.24, 2.45) is 4.99 Å². The number of carbonyl (C=O) groups is 1. The molecule has 2 aromatic carbocycles. The summed E-state index contributed by atoms with van der Waals surface area (Å²) in [5.74, 6) is 0.770. The Hall–Kier alpha value is -2.67. The molecule has 0 saturated heterocycles. The number of carbonyl (C=O) groups excluding carboxylic acids is 1. The zero-order valence-corrected chi connectivity index (χ0v) is 17.7. The number of aliphatic imine (C=N–C) groups is 1. The van der Waals surface area contributed by atoms with E-state index in [0.29, 0.717) is 18.8 Å². The summed E-state index contributed by atoms with van der Waals surface area (Å²) in [4.78, 5) is 17.2. The summed E-state index contributed by atoms with van der Waals surface area (Å²) >= 11 is 1.75. The van der Waals surface area contributed by atoms with E-state index in [-0.39, 0.29) is 0 Å². The van der Waals surface area contributed by atoms with E-state index in [9.17, 15) is 4.79 Å². The van der Waals surface area contributed by atoms with Crippen molar-refractivity contribution < 1.29 is 9.53 Å². The van der Waals surface area contributed by atoms with Crippen LogP contribution in [0.25, 0.3) is 0 Å². The van der Waals surface area contributed by atoms with Crippen molar-refractivity contribution in [3.63, 3.8) is 0 Å². The van der Waals surface area contributed by atoms with Gasteiger partial charge in [-0.15, -0.1) is 11.8 Å². The Morgan fingerprint density at radius 3 is 2.54 bits per heavy atom. The van der Waals surface area contributed by atoms with Gasteiger partial charge in [0.15, 0.2) is 5.96 Å². The van der Waals surface area contributed by atoms with E-state index in [2.05, 4.69) is 57.1 Å². The summed E-state index contributed by atoms with van der Waals surface area (Å²) < 4.78 is 4.59. The molecule has 0 aliphatic carbocycles. The quantitative estimate of drug-likeness (QED) is 0.370. The van der Waals surface area contributed by atoms with Gasteiger partial charge in [0.05, 0.1) is 13.7 Å². The van der Waals surface area contributed by atoms with Crippen LogP contribution in [-0.2, 0) is 17.8 Å². The molecule has 0 aliphatic heterocycles. The molecule has 0 unspecified atom stereocenters. The molecular formula is C21H28N4O2S. The molecule has 0 fully saturated rings. The molecule has 0 aromatic heterocycles. The normalized spacial score (nSPS) is 11.1. The molecule has 150 valence electrons. The molecule has 2 aromatic rings. The predicted octanol–water partition coefficient (Wildman–Crippen LogP) is 4.15. The maximum atomic E-state index is 11.2. The minimum Gasteiger partial charge on any atom is -0.453 e. The highest BCUT2D eigenvalue weighted by atomic mass is 32.2. The van der Waals surface area contributed by atoms with Gasteiger partial charge in [-0.1, -0.05) is 24.3 Å². The van der Waals surface area contributed by atoms with Gasteiger partial charge in [-0.3, -0.25) is 5.32 Å². The van der Waals surface area contributed by atoms with Crippen LogP contribution in [0.2, 0.25) is 0 Å². The highest BCUT2D eigenvalue weighted by Gasteiger charge is 2.04. The van der Waals surface area contributed by atoms with Gasteiger partial charge in [0.1, 0.15) is 0 Å². The van der Waals surface area contributed by atoms with Crippen molar-refractivity contribution in [1.82, 2.24) is 10.6 Å². The lowest BCUT2D eigenvalue weighted by Gasteiger charge is -2.14. The number of aryl methyl sites for hydroxylation is 1. The van der Waals surface area contributed by atoms with Crippen LogP contribution in [0.3, 0.4) is 0 Å². The number of benzene rings is 2. The summed E-state index contributed by atoms with van der Waals surface area (Å²) in [6, 6.07) is 14.0. The zero-order valence-electron chi connectivity index (χ0n) is 16.8. The van der Waals surface area contributed by atoms with Crippen LogP contribution >= 0.6 is 11.8 Å². The number of nitrogens with zero attached hydrogens (tertiary/aromatic N) is 1. The number of guanidine groups is 1. The van der Waals surface area contributed by atoms with Crippen LogP contribution < -0.4 is 16.0 Å². The van der Waals surface area contributed by atoms with Gasteiger partial charge in [0.25, 0.3) is 0 Å². The second kappa shape index (κ2) is 11.2. The van der Waals surface area contributed by atoms with E-state index < -0.39 is 6.09 Å². The number of ether oxygens (including phenoxy) is 1. The number of thioether (sulfide) groups is 1. The molecule has 2 rings (SSSR count). The second-order valence-corrected chi connectivity index (χ2v) is 7.03. The highest BCUT2D eigenvalue weighted by molar-refractivity contribution is 7.98. The van der Waals surface area contributed by atoms with Crippen molar-refractivity contribution in [3.05, 3.63) is 59.2 Å². The van der Waals surface area contributed by atoms with E-state index in [1.54, 1.807) is 11.8 Å². The molecule has 0 radical (unpaired) electrons. The van der Waals surface area contributed by atoms with Gasteiger partial charge in [0.2, 0.25) is 0 Å². The first-order chi connectivity index (χ1) is 13.5. The number of hydrogen-bond acceptors (Lipinski definition) is 4. The molecule has 7 heteroatoms. The Bertz CT molecular complexity index is 807. The lowest BCUT2D eigenvalue weighted by Crippen LogP contribution is -2.36. The summed E-state index contributed by atoms with van der Waals surface area (Å²) in [5, 5.41) is 9.31. The van der Waals surface area contributed by atoms with Crippen LogP contribution in [0.4, 0.5) is 10.5 Å². The second-order valence-electron chi connectivity index (χ2n) is 6.18. The highest BCUT2D eigenvalue weighted by Crippen LogP contribution is 2.21. The van der Waals surface area contributed by atoms with E-state index >= 15 is 0 Å². The number of hydrogen-bond donors (Lipinski definition) is 3. The first-order valence-corrected chi connectivity index (χ1v) is 10.4. The van der Waals surface area contributed by atoms with Gasteiger partial charge in [0, 0.05) is 23.7 Å². The van der Waals surface area contributed by atoms with Crippen LogP contribution in [0.1, 0.15) is 23.6 Å². The van der Waals surface area contributed by atoms with Crippen LogP contribution in [0.15, 0.2) is 52.4 Å². The van der Waals surface area contributed by atoms with Crippen molar-refractivity contribution in [1.29, 1.82) is 0 Å². The third kappa shape index (κ3) is 6.81. The predicted molar refractivity (Wildman–Crippen MR) is 117 cm³/mol. The Labute approximate surface area is 171 Å². The van der Waals surface area contributed by atoms with E-state index in [1.807, 2.05) is 31.2 Å². The summed E-state index contributed by atoms with van der Waals surface area (Å²) in [6.07, 6.45) is 1.61. The third-order valence-electron chi connectivity index (χ3n) is 4.04. The van der Waals surface area contributed by atoms with Gasteiger partial charge >= 0.3 is 6.09 Å². The fourth-order valence-electron chi connectivity index (χ4n) is 2.55. The molecule has 0 saturated carbocycles. The number of nitrogens with one attached hydrogen (secondary N) is 3. The molecule has 28 heavy (non-hydrogen) atoms. The number of methoxy groups -OCH3 is 1. The van der Waals surface area contributed by atoms with Crippen molar-refractivity contribution in [2.45, 2.75) is 31.8 Å². The first-order valence-electron chi connectivity index (χ1n) is 9.15. The Kier molecular flexibility index (Phi) is 8.68. The van der Waals surface area contributed by atoms with Crippen LogP contribution in [-0.4, -0.2) is 32.0 Å². The Morgan fingerprint density at radius 1 is 1.14 bits per heavy atom. The molecule has 0 aliphatic rings. The summed E-state index contributed by atoms with van der Waals surface area (Å²) in [6.45, 7) is 6.19. The fraction of sp³-hybridized carbons (Fsp3) is 0.333. The molecule has 0 spiro atoms. The average Bonchev–Trinajstić information content (AvgIpc) is 2.71. The molecular weight excluding hydrogens is 372 g/mol. The molecule has 1 amide bonds. The third-order valence-corrected chi connectivity index (χ3v) is 4.86. The van der Waals surface area contributed by atoms with Crippen LogP contribution in [0.5, 0.6) is 0 Å². The first kappa shape index (κ1) is 21.6. The van der Waals surface area contributed by atoms with Crippen LogP contribution in [0, 0.1) is 6.92 Å². The largest absolute Gasteiger partial charge is 0.453 e. The van der Waals surface area contributed by atoms with Gasteiger partial charge in [-0.05, 0) is 55.0 Å². The van der Waals surface area contributed by atoms with Gasteiger partial charge < -0.3 is 15.4 Å². The minimum absolute atomic E-state index is 0.481.